The van der Waals surface area contributed by atoms with Gasteiger partial charge in [0.1, 0.15) is 12.6 Å². The molecule has 6 bridgehead atoms. The zero-order valence-electron chi connectivity index (χ0n) is 32.8. The van der Waals surface area contributed by atoms with E-state index in [-0.39, 0.29) is 25.4 Å². The molecule has 3 atom stereocenters. The highest BCUT2D eigenvalue weighted by molar-refractivity contribution is 7.10. The van der Waals surface area contributed by atoms with E-state index in [0.717, 1.165) is 43.0 Å². The molecule has 1 amide bonds. The average Bonchev–Trinajstić information content (AvgIpc) is 3.73. The summed E-state index contributed by atoms with van der Waals surface area (Å²) in [6.45, 7) is 9.93. The third-order valence-electron chi connectivity index (χ3n) is 11.2. The van der Waals surface area contributed by atoms with Crippen molar-refractivity contribution in [2.45, 2.75) is 84.3 Å². The Balaban J connectivity index is 1.47. The molecule has 3 aliphatic heterocycles. The summed E-state index contributed by atoms with van der Waals surface area (Å²) >= 11 is 1.38. The number of anilines is 1. The molecular formula is C40H51F3N8O4S. The van der Waals surface area contributed by atoms with Gasteiger partial charge >= 0.3 is 12.1 Å². The van der Waals surface area contributed by atoms with Crippen LogP contribution in [0.1, 0.15) is 61.5 Å². The number of benzene rings is 1. The maximum Gasteiger partial charge on any atom is 0.406 e. The summed E-state index contributed by atoms with van der Waals surface area (Å²) in [6, 6.07) is 4.05. The molecule has 2 fully saturated rings. The third-order valence-corrected chi connectivity index (χ3v) is 12.0. The van der Waals surface area contributed by atoms with Gasteiger partial charge in [-0.3, -0.25) is 19.6 Å². The van der Waals surface area contributed by atoms with E-state index >= 15 is 0 Å². The van der Waals surface area contributed by atoms with Crippen molar-refractivity contribution >= 4 is 39.8 Å². The molecule has 4 aromatic rings. The van der Waals surface area contributed by atoms with Crippen molar-refractivity contribution in [1.82, 2.24) is 29.9 Å². The molecule has 0 unspecified atom stereocenters. The maximum atomic E-state index is 14.8. The number of rotatable bonds is 5. The fraction of sp³-hybridized carbons (Fsp3) is 0.550. The predicted molar refractivity (Wildman–Crippen MR) is 210 cm³/mol. The molecule has 0 aliphatic carbocycles. The Hall–Kier alpha value is -4.09. The van der Waals surface area contributed by atoms with Crippen LogP contribution in [0, 0.1) is 12.3 Å². The van der Waals surface area contributed by atoms with E-state index in [4.69, 9.17) is 25.2 Å². The number of hydrogen-bond donors (Lipinski definition) is 2. The molecule has 12 nitrogen and oxygen atoms in total. The first-order valence-electron chi connectivity index (χ1n) is 19.2. The lowest BCUT2D eigenvalue weighted by Gasteiger charge is -2.35. The number of alkyl halides is 3. The van der Waals surface area contributed by atoms with Gasteiger partial charge in [0, 0.05) is 79.1 Å². The summed E-state index contributed by atoms with van der Waals surface area (Å²) in [6.07, 6.45) is -1.80. The van der Waals surface area contributed by atoms with E-state index in [1.165, 1.54) is 20.9 Å². The molecule has 3 N–H and O–H groups in total. The molecule has 0 radical (unpaired) electrons. The van der Waals surface area contributed by atoms with Crippen LogP contribution in [0.3, 0.4) is 0 Å². The van der Waals surface area contributed by atoms with Gasteiger partial charge < -0.3 is 29.6 Å². The van der Waals surface area contributed by atoms with E-state index in [0.29, 0.717) is 63.5 Å². The summed E-state index contributed by atoms with van der Waals surface area (Å²) in [7, 11) is 3.63. The first kappa shape index (κ1) is 40.1. The number of likely N-dealkylation sites (N-methyl/N-ethyl adjacent to an activating group) is 1. The van der Waals surface area contributed by atoms with Crippen LogP contribution in [-0.4, -0.2) is 108 Å². The minimum atomic E-state index is -4.56. The van der Waals surface area contributed by atoms with Gasteiger partial charge in [-0.2, -0.15) is 13.2 Å². The first-order chi connectivity index (χ1) is 26.5. The molecule has 302 valence electrons. The summed E-state index contributed by atoms with van der Waals surface area (Å²) in [4.78, 5) is 41.2. The number of thiazole rings is 1. The average molecular weight is 797 g/mol. The van der Waals surface area contributed by atoms with Gasteiger partial charge in [-0.1, -0.05) is 13.8 Å². The number of nitrogens with two attached hydrogens (primary N) is 1. The van der Waals surface area contributed by atoms with Crippen LogP contribution in [0.25, 0.3) is 33.4 Å². The molecule has 16 heteroatoms. The van der Waals surface area contributed by atoms with Crippen molar-refractivity contribution in [1.29, 1.82) is 0 Å². The number of aryl methyl sites for hydroxylation is 1. The number of hydrogen-bond acceptors (Lipinski definition) is 11. The number of carbonyl (C=O) groups excluding carboxylic acids is 2. The minimum Gasteiger partial charge on any atom is -0.464 e. The molecule has 6 heterocycles. The highest BCUT2D eigenvalue weighted by atomic mass is 32.1. The van der Waals surface area contributed by atoms with Gasteiger partial charge in [0.15, 0.2) is 0 Å². The Morgan fingerprint density at radius 2 is 1.88 bits per heavy atom. The molecular weight excluding hydrogens is 746 g/mol. The second-order valence-electron chi connectivity index (χ2n) is 16.2. The van der Waals surface area contributed by atoms with Crippen molar-refractivity contribution in [3.05, 3.63) is 51.6 Å². The molecule has 7 rings (SSSR count). The van der Waals surface area contributed by atoms with Gasteiger partial charge in [0.05, 0.1) is 52.7 Å². The summed E-state index contributed by atoms with van der Waals surface area (Å²) in [5.74, 6) is -0.845. The summed E-state index contributed by atoms with van der Waals surface area (Å²) in [5.41, 5.74) is 14.3. The number of amides is 1. The Morgan fingerprint density at radius 3 is 2.59 bits per heavy atom. The van der Waals surface area contributed by atoms with Gasteiger partial charge in [-0.05, 0) is 69.5 Å². The number of piperazine rings is 1. The number of fused-ring (bicyclic) bond motifs is 6. The van der Waals surface area contributed by atoms with Gasteiger partial charge in [0.2, 0.25) is 0 Å². The lowest BCUT2D eigenvalue weighted by molar-refractivity contribution is -0.155. The number of nitrogens with zero attached hydrogens (tertiary/aromatic N) is 6. The quantitative estimate of drug-likeness (QED) is 0.245. The zero-order chi connectivity index (χ0) is 40.1. The van der Waals surface area contributed by atoms with Crippen molar-refractivity contribution < 1.29 is 32.2 Å². The number of ether oxygens (including phenoxy) is 2. The largest absolute Gasteiger partial charge is 0.464 e. The Labute approximate surface area is 329 Å². The smallest absolute Gasteiger partial charge is 0.406 e. The van der Waals surface area contributed by atoms with Crippen LogP contribution in [-0.2, 0) is 38.4 Å². The number of esters is 1. The fourth-order valence-corrected chi connectivity index (χ4v) is 8.87. The third kappa shape index (κ3) is 8.30. The van der Waals surface area contributed by atoms with Crippen molar-refractivity contribution in [2.24, 2.45) is 11.1 Å². The molecule has 0 saturated carbocycles. The maximum absolute atomic E-state index is 14.8. The molecule has 0 spiro atoms. The number of pyridine rings is 1. The zero-order valence-corrected chi connectivity index (χ0v) is 33.6. The molecule has 2 saturated heterocycles. The predicted octanol–water partition coefficient (Wildman–Crippen LogP) is 5.65. The van der Waals surface area contributed by atoms with Crippen LogP contribution < -0.4 is 16.1 Å². The van der Waals surface area contributed by atoms with Gasteiger partial charge in [-0.25, -0.2) is 10.4 Å². The minimum absolute atomic E-state index is 0.0159. The van der Waals surface area contributed by atoms with Crippen molar-refractivity contribution in [3.8, 4) is 22.5 Å². The number of aromatic nitrogens is 3. The number of methoxy groups -OCH3 is 1. The van der Waals surface area contributed by atoms with Crippen molar-refractivity contribution in [3.63, 3.8) is 0 Å². The lowest BCUT2D eigenvalue weighted by atomic mass is 9.84. The summed E-state index contributed by atoms with van der Waals surface area (Å²) in [5, 5.41) is 4.59. The topological polar surface area (TPSA) is 131 Å². The normalized spacial score (nSPS) is 22.0. The Kier molecular flexibility index (Phi) is 11.2. The molecule has 1 aromatic carbocycles. The Bertz CT molecular complexity index is 2110. The second kappa shape index (κ2) is 15.7. The number of carbonyl (C=O) groups is 2. The van der Waals surface area contributed by atoms with Crippen LogP contribution in [0.4, 0.5) is 18.9 Å². The van der Waals surface area contributed by atoms with E-state index < -0.39 is 42.3 Å². The van der Waals surface area contributed by atoms with Gasteiger partial charge in [-0.15, -0.1) is 11.3 Å². The second-order valence-corrected chi connectivity index (χ2v) is 17.1. The summed E-state index contributed by atoms with van der Waals surface area (Å²) < 4.78 is 57.6. The van der Waals surface area contributed by atoms with Crippen LogP contribution in [0.5, 0.6) is 0 Å². The van der Waals surface area contributed by atoms with Crippen LogP contribution in [0.15, 0.2) is 29.8 Å². The SMILES string of the molecule is CO[C@@H](C)c1ncc(N2CCN(C)CC2)cc1-c1c2c3cc(c(C)cc3n1CC(F)(F)F)-c1csc(n1)C[C@H](N)C(=O)N1CCC[C@H](N1)C(=O)OCC(C)(C)C2. The molecule has 3 aliphatic rings. The first-order valence-corrected chi connectivity index (χ1v) is 20.0. The molecule has 56 heavy (non-hydrogen) atoms. The Morgan fingerprint density at radius 1 is 1.12 bits per heavy atom. The molecule has 3 aromatic heterocycles. The highest BCUT2D eigenvalue weighted by Gasteiger charge is 2.37. The standard InChI is InChI=1S/C40H51F3N8O4S/c1-23-14-33-27-16-26(23)32-20-56-34(46-32)17-30(44)37(52)51-9-7-8-31(47-51)38(53)55-22-39(3,4)18-29(27)36(50(33)21-40(41,42)43)28-15-25(19-45-35(28)24(2)54-6)49-12-10-48(5)11-13-49/h14-16,19-20,24,30-31,47H,7-13,17-18,21-22,44H2,1-6H3/t24-,30-,31-/m0/s1. The number of halogens is 3. The highest BCUT2D eigenvalue weighted by Crippen LogP contribution is 2.44. The fourth-order valence-electron chi connectivity index (χ4n) is 8.02. The van der Waals surface area contributed by atoms with E-state index in [9.17, 15) is 22.8 Å². The van der Waals surface area contributed by atoms with E-state index in [2.05, 4.69) is 22.3 Å². The van der Waals surface area contributed by atoms with Crippen LogP contribution >= 0.6 is 11.3 Å². The number of cyclic esters (lactones) is 1. The van der Waals surface area contributed by atoms with Crippen LogP contribution in [0.2, 0.25) is 0 Å². The number of nitrogens with one attached hydrogen (secondary N) is 1. The van der Waals surface area contributed by atoms with Gasteiger partial charge in [0.25, 0.3) is 5.91 Å². The monoisotopic (exact) mass is 796 g/mol. The van der Waals surface area contributed by atoms with E-state index in [1.54, 1.807) is 19.4 Å². The van der Waals surface area contributed by atoms with E-state index in [1.807, 2.05) is 45.2 Å². The van der Waals surface area contributed by atoms with Crippen molar-refractivity contribution in [2.75, 3.05) is 58.4 Å². The lowest BCUT2D eigenvalue weighted by Crippen LogP contribution is -2.59. The number of hydrazine groups is 1.